The lowest BCUT2D eigenvalue weighted by Gasteiger charge is -2.26. The van der Waals surface area contributed by atoms with Gasteiger partial charge in [-0.05, 0) is 37.0 Å². The number of aliphatic hydroxyl groups is 1. The number of amides is 1. The lowest BCUT2D eigenvalue weighted by atomic mass is 9.86. The third-order valence-electron chi connectivity index (χ3n) is 3.22. The fourth-order valence-corrected chi connectivity index (χ4v) is 1.98. The van der Waals surface area contributed by atoms with E-state index >= 15 is 0 Å². The maximum absolute atomic E-state index is 12.4. The van der Waals surface area contributed by atoms with Crippen molar-refractivity contribution in [1.29, 1.82) is 0 Å². The summed E-state index contributed by atoms with van der Waals surface area (Å²) in [6.07, 6.45) is 0. The summed E-state index contributed by atoms with van der Waals surface area (Å²) in [6, 6.07) is 7.84. The SMILES string of the molecule is CC(C)N(CCO)C(=O)c1ccc(C(C)(C)C)cc1. The van der Waals surface area contributed by atoms with Crippen LogP contribution >= 0.6 is 0 Å². The van der Waals surface area contributed by atoms with Crippen LogP contribution in [0.3, 0.4) is 0 Å². The van der Waals surface area contributed by atoms with Crippen LogP contribution in [0.5, 0.6) is 0 Å². The molecule has 0 saturated carbocycles. The Morgan fingerprint density at radius 2 is 1.74 bits per heavy atom. The predicted octanol–water partition coefficient (Wildman–Crippen LogP) is 2.83. The van der Waals surface area contributed by atoms with E-state index in [-0.39, 0.29) is 24.0 Å². The van der Waals surface area contributed by atoms with Gasteiger partial charge in [0.05, 0.1) is 6.61 Å². The van der Waals surface area contributed by atoms with E-state index in [1.54, 1.807) is 4.90 Å². The minimum atomic E-state index is -0.0236. The van der Waals surface area contributed by atoms with E-state index in [2.05, 4.69) is 20.8 Å². The van der Waals surface area contributed by atoms with Crippen molar-refractivity contribution in [2.24, 2.45) is 0 Å². The number of hydrogen-bond donors (Lipinski definition) is 1. The minimum absolute atomic E-state index is 0.00993. The molecule has 1 N–H and O–H groups in total. The molecule has 0 fully saturated rings. The first-order chi connectivity index (χ1) is 8.77. The number of rotatable bonds is 4. The highest BCUT2D eigenvalue weighted by Gasteiger charge is 2.19. The van der Waals surface area contributed by atoms with E-state index in [0.717, 1.165) is 0 Å². The fourth-order valence-electron chi connectivity index (χ4n) is 1.98. The van der Waals surface area contributed by atoms with Gasteiger partial charge in [-0.3, -0.25) is 4.79 Å². The molecular formula is C16H25NO2. The summed E-state index contributed by atoms with van der Waals surface area (Å²) in [5, 5.41) is 9.04. The smallest absolute Gasteiger partial charge is 0.254 e. The predicted molar refractivity (Wildman–Crippen MR) is 78.4 cm³/mol. The highest BCUT2D eigenvalue weighted by atomic mass is 16.3. The van der Waals surface area contributed by atoms with Gasteiger partial charge in [-0.2, -0.15) is 0 Å². The van der Waals surface area contributed by atoms with Crippen LogP contribution in [0.4, 0.5) is 0 Å². The van der Waals surface area contributed by atoms with Gasteiger partial charge in [0, 0.05) is 18.2 Å². The van der Waals surface area contributed by atoms with Crippen LogP contribution in [-0.4, -0.2) is 35.1 Å². The first kappa shape index (κ1) is 15.7. The zero-order chi connectivity index (χ0) is 14.6. The van der Waals surface area contributed by atoms with E-state index in [4.69, 9.17) is 5.11 Å². The molecule has 0 radical (unpaired) electrons. The highest BCUT2D eigenvalue weighted by Crippen LogP contribution is 2.22. The molecule has 0 aliphatic rings. The van der Waals surface area contributed by atoms with Gasteiger partial charge in [-0.15, -0.1) is 0 Å². The van der Waals surface area contributed by atoms with Crippen molar-refractivity contribution in [3.63, 3.8) is 0 Å². The van der Waals surface area contributed by atoms with Crippen molar-refractivity contribution < 1.29 is 9.90 Å². The van der Waals surface area contributed by atoms with Crippen LogP contribution in [0.1, 0.15) is 50.5 Å². The van der Waals surface area contributed by atoms with Crippen molar-refractivity contribution in [3.05, 3.63) is 35.4 Å². The van der Waals surface area contributed by atoms with E-state index in [9.17, 15) is 4.79 Å². The number of carbonyl (C=O) groups excluding carboxylic acids is 1. The van der Waals surface area contributed by atoms with Crippen LogP contribution < -0.4 is 0 Å². The average Bonchev–Trinajstić information content (AvgIpc) is 2.34. The first-order valence-electron chi connectivity index (χ1n) is 6.79. The van der Waals surface area contributed by atoms with Crippen LogP contribution in [0.25, 0.3) is 0 Å². The lowest BCUT2D eigenvalue weighted by molar-refractivity contribution is 0.0665. The van der Waals surface area contributed by atoms with Gasteiger partial charge in [-0.25, -0.2) is 0 Å². The average molecular weight is 263 g/mol. The third kappa shape index (κ3) is 4.06. The van der Waals surface area contributed by atoms with Crippen LogP contribution in [0, 0.1) is 0 Å². The number of carbonyl (C=O) groups is 1. The van der Waals surface area contributed by atoms with E-state index < -0.39 is 0 Å². The van der Waals surface area contributed by atoms with Gasteiger partial charge in [0.2, 0.25) is 0 Å². The number of hydrogen-bond acceptors (Lipinski definition) is 2. The van der Waals surface area contributed by atoms with Crippen LogP contribution in [0.15, 0.2) is 24.3 Å². The Bertz CT molecular complexity index is 415. The summed E-state index contributed by atoms with van der Waals surface area (Å²) >= 11 is 0. The zero-order valence-corrected chi connectivity index (χ0v) is 12.6. The summed E-state index contributed by atoms with van der Waals surface area (Å²) in [5.74, 6) is -0.0236. The molecule has 0 heterocycles. The quantitative estimate of drug-likeness (QED) is 0.907. The summed E-state index contributed by atoms with van der Waals surface area (Å²) in [7, 11) is 0. The number of benzene rings is 1. The second kappa shape index (κ2) is 6.20. The molecule has 3 nitrogen and oxygen atoms in total. The highest BCUT2D eigenvalue weighted by molar-refractivity contribution is 5.94. The molecule has 19 heavy (non-hydrogen) atoms. The van der Waals surface area contributed by atoms with Crippen LogP contribution in [0.2, 0.25) is 0 Å². The van der Waals surface area contributed by atoms with Crippen LogP contribution in [-0.2, 0) is 5.41 Å². The van der Waals surface area contributed by atoms with Crippen molar-refractivity contribution >= 4 is 5.91 Å². The van der Waals surface area contributed by atoms with Crippen molar-refractivity contribution in [2.75, 3.05) is 13.2 Å². The molecule has 0 spiro atoms. The molecular weight excluding hydrogens is 238 g/mol. The number of aliphatic hydroxyl groups excluding tert-OH is 1. The second-order valence-corrected chi connectivity index (χ2v) is 6.14. The molecule has 106 valence electrons. The molecule has 1 aromatic carbocycles. The van der Waals surface area contributed by atoms with E-state index in [1.165, 1.54) is 5.56 Å². The molecule has 0 aliphatic heterocycles. The molecule has 0 aliphatic carbocycles. The molecule has 1 rings (SSSR count). The zero-order valence-electron chi connectivity index (χ0n) is 12.6. The molecule has 0 saturated heterocycles. The fraction of sp³-hybridized carbons (Fsp3) is 0.562. The van der Waals surface area contributed by atoms with Crippen molar-refractivity contribution in [1.82, 2.24) is 4.90 Å². The minimum Gasteiger partial charge on any atom is -0.395 e. The Hall–Kier alpha value is -1.35. The summed E-state index contributed by atoms with van der Waals surface area (Å²) in [5.41, 5.74) is 1.97. The normalized spacial score (nSPS) is 11.7. The summed E-state index contributed by atoms with van der Waals surface area (Å²) in [4.78, 5) is 14.0. The van der Waals surface area contributed by atoms with E-state index in [1.807, 2.05) is 38.1 Å². The number of nitrogens with zero attached hydrogens (tertiary/aromatic N) is 1. The summed E-state index contributed by atoms with van der Waals surface area (Å²) < 4.78 is 0. The standard InChI is InChI=1S/C16H25NO2/c1-12(2)17(10-11-18)15(19)13-6-8-14(9-7-13)16(3,4)5/h6-9,12,18H,10-11H2,1-5H3. The molecule has 1 amide bonds. The maximum atomic E-state index is 12.4. The first-order valence-corrected chi connectivity index (χ1v) is 6.79. The lowest BCUT2D eigenvalue weighted by Crippen LogP contribution is -2.39. The Balaban J connectivity index is 2.94. The molecule has 0 unspecified atom stereocenters. The Morgan fingerprint density at radius 3 is 2.11 bits per heavy atom. The van der Waals surface area contributed by atoms with Gasteiger partial charge in [0.15, 0.2) is 0 Å². The molecule has 0 aromatic heterocycles. The van der Waals surface area contributed by atoms with Gasteiger partial charge in [0.25, 0.3) is 5.91 Å². The Labute approximate surface area is 116 Å². The largest absolute Gasteiger partial charge is 0.395 e. The Morgan fingerprint density at radius 1 is 1.21 bits per heavy atom. The maximum Gasteiger partial charge on any atom is 0.254 e. The molecule has 0 bridgehead atoms. The van der Waals surface area contributed by atoms with Gasteiger partial charge in [-0.1, -0.05) is 32.9 Å². The van der Waals surface area contributed by atoms with Crippen molar-refractivity contribution in [2.45, 2.75) is 46.1 Å². The van der Waals surface area contributed by atoms with E-state index in [0.29, 0.717) is 12.1 Å². The van der Waals surface area contributed by atoms with Gasteiger partial charge >= 0.3 is 0 Å². The topological polar surface area (TPSA) is 40.5 Å². The second-order valence-electron chi connectivity index (χ2n) is 6.14. The third-order valence-corrected chi connectivity index (χ3v) is 3.22. The summed E-state index contributed by atoms with van der Waals surface area (Å²) in [6.45, 7) is 10.7. The molecule has 1 aromatic rings. The monoisotopic (exact) mass is 263 g/mol. The Kier molecular flexibility index (Phi) is 5.12. The molecule has 0 atom stereocenters. The van der Waals surface area contributed by atoms with Gasteiger partial charge in [0.1, 0.15) is 0 Å². The van der Waals surface area contributed by atoms with Gasteiger partial charge < -0.3 is 10.0 Å². The molecule has 3 heteroatoms. The van der Waals surface area contributed by atoms with Crippen molar-refractivity contribution in [3.8, 4) is 0 Å².